The largest absolute Gasteiger partial charge is 0.342 e. The summed E-state index contributed by atoms with van der Waals surface area (Å²) in [4.78, 5) is 0. The van der Waals surface area contributed by atoms with Gasteiger partial charge in [-0.15, -0.1) is 0 Å². The Hall–Kier alpha value is -0.0800. The predicted molar refractivity (Wildman–Crippen MR) is 55.6 cm³/mol. The highest BCUT2D eigenvalue weighted by Gasteiger charge is 2.23. The van der Waals surface area contributed by atoms with Crippen LogP contribution in [0.25, 0.3) is 0 Å². The molecule has 2 rings (SSSR count). The summed E-state index contributed by atoms with van der Waals surface area (Å²) in [6, 6.07) is 0. The fraction of sp³-hybridized carbons (Fsp3) is 0.917. The molecule has 2 aliphatic carbocycles. The lowest BCUT2D eigenvalue weighted by Crippen LogP contribution is -2.18. The molecule has 0 bridgehead atoms. The molecule has 0 saturated heterocycles. The second-order valence-corrected chi connectivity index (χ2v) is 4.54. The molecule has 0 aromatic heterocycles. The normalized spacial score (nSPS) is 25.3. The molecular weight excluding hydrogens is 176 g/mol. The van der Waals surface area contributed by atoms with Crippen LogP contribution in [-0.2, 0) is 9.47 Å². The fourth-order valence-corrected chi connectivity index (χ4v) is 2.51. The maximum Gasteiger partial charge on any atom is 0.221 e. The van der Waals surface area contributed by atoms with Gasteiger partial charge in [0.25, 0.3) is 0 Å². The molecule has 0 unspecified atom stereocenters. The maximum absolute atomic E-state index is 5.77. The van der Waals surface area contributed by atoms with Gasteiger partial charge in [0.15, 0.2) is 0 Å². The molecule has 2 aliphatic rings. The van der Waals surface area contributed by atoms with Gasteiger partial charge in [-0.1, -0.05) is 25.7 Å². The molecule has 0 amide bonds. The standard InChI is InChI=1S/C12H21O2/c1-10(13-11-6-2-3-7-11)14-12-8-4-5-9-12/h11-12H,2-9H2,1H3. The van der Waals surface area contributed by atoms with Crippen molar-refractivity contribution in [1.82, 2.24) is 0 Å². The van der Waals surface area contributed by atoms with E-state index in [0.717, 1.165) is 6.29 Å². The highest BCUT2D eigenvalue weighted by atomic mass is 16.7. The Morgan fingerprint density at radius 3 is 1.50 bits per heavy atom. The predicted octanol–water partition coefficient (Wildman–Crippen LogP) is 3.41. The molecule has 0 spiro atoms. The minimum atomic E-state index is 0.441. The maximum atomic E-state index is 5.77. The monoisotopic (exact) mass is 197 g/mol. The van der Waals surface area contributed by atoms with Crippen molar-refractivity contribution in [2.24, 2.45) is 0 Å². The first-order valence-corrected chi connectivity index (χ1v) is 6.01. The zero-order valence-electron chi connectivity index (χ0n) is 9.13. The van der Waals surface area contributed by atoms with Crippen LogP contribution in [0.5, 0.6) is 0 Å². The van der Waals surface area contributed by atoms with Crippen molar-refractivity contribution in [1.29, 1.82) is 0 Å². The van der Waals surface area contributed by atoms with Crippen molar-refractivity contribution in [3.63, 3.8) is 0 Å². The van der Waals surface area contributed by atoms with E-state index >= 15 is 0 Å². The van der Waals surface area contributed by atoms with Gasteiger partial charge in [-0.05, 0) is 32.6 Å². The number of hydrogen-bond acceptors (Lipinski definition) is 2. The molecule has 1 radical (unpaired) electrons. The van der Waals surface area contributed by atoms with Gasteiger partial charge in [0.05, 0.1) is 12.2 Å². The molecule has 0 aromatic rings. The molecule has 81 valence electrons. The van der Waals surface area contributed by atoms with Crippen LogP contribution in [0.3, 0.4) is 0 Å². The minimum absolute atomic E-state index is 0.441. The average Bonchev–Trinajstić information content (AvgIpc) is 2.76. The number of ether oxygens (including phenoxy) is 2. The molecule has 2 heteroatoms. The molecule has 0 N–H and O–H groups in total. The van der Waals surface area contributed by atoms with Crippen LogP contribution in [-0.4, -0.2) is 12.2 Å². The summed E-state index contributed by atoms with van der Waals surface area (Å²) in [6.07, 6.45) is 11.8. The van der Waals surface area contributed by atoms with Crippen molar-refractivity contribution in [3.8, 4) is 0 Å². The van der Waals surface area contributed by atoms with Crippen molar-refractivity contribution in [3.05, 3.63) is 6.29 Å². The summed E-state index contributed by atoms with van der Waals surface area (Å²) in [5.74, 6) is 0. The summed E-state index contributed by atoms with van der Waals surface area (Å²) in [5.41, 5.74) is 0. The van der Waals surface area contributed by atoms with Gasteiger partial charge in [0.1, 0.15) is 0 Å². The highest BCUT2D eigenvalue weighted by Crippen LogP contribution is 2.28. The van der Waals surface area contributed by atoms with Gasteiger partial charge >= 0.3 is 0 Å². The highest BCUT2D eigenvalue weighted by molar-refractivity contribution is 4.74. The van der Waals surface area contributed by atoms with Crippen LogP contribution >= 0.6 is 0 Å². The van der Waals surface area contributed by atoms with Crippen molar-refractivity contribution in [2.45, 2.75) is 70.5 Å². The van der Waals surface area contributed by atoms with Gasteiger partial charge < -0.3 is 9.47 Å². The molecule has 2 fully saturated rings. The first kappa shape index (κ1) is 10.4. The molecular formula is C12H21O2. The van der Waals surface area contributed by atoms with Crippen molar-refractivity contribution >= 4 is 0 Å². The van der Waals surface area contributed by atoms with Crippen LogP contribution in [0.15, 0.2) is 0 Å². The number of rotatable bonds is 4. The Balaban J connectivity index is 1.64. The molecule has 2 saturated carbocycles. The molecule has 0 atom stereocenters. The van der Waals surface area contributed by atoms with E-state index < -0.39 is 0 Å². The zero-order valence-corrected chi connectivity index (χ0v) is 9.13. The molecule has 0 heterocycles. The second-order valence-electron chi connectivity index (χ2n) is 4.54. The van der Waals surface area contributed by atoms with Crippen molar-refractivity contribution < 1.29 is 9.47 Å². The smallest absolute Gasteiger partial charge is 0.221 e. The van der Waals surface area contributed by atoms with Gasteiger partial charge in [-0.2, -0.15) is 0 Å². The third kappa shape index (κ3) is 2.96. The van der Waals surface area contributed by atoms with E-state index in [9.17, 15) is 0 Å². The summed E-state index contributed by atoms with van der Waals surface area (Å²) in [7, 11) is 0. The van der Waals surface area contributed by atoms with E-state index in [1.165, 1.54) is 51.4 Å². The van der Waals surface area contributed by atoms with Gasteiger partial charge in [0, 0.05) is 0 Å². The van der Waals surface area contributed by atoms with Gasteiger partial charge in [-0.25, -0.2) is 0 Å². The Kier molecular flexibility index (Phi) is 3.82. The lowest BCUT2D eigenvalue weighted by Gasteiger charge is -2.20. The number of hydrogen-bond donors (Lipinski definition) is 0. The lowest BCUT2D eigenvalue weighted by molar-refractivity contribution is -0.0976. The zero-order chi connectivity index (χ0) is 9.80. The second kappa shape index (κ2) is 5.13. The fourth-order valence-electron chi connectivity index (χ4n) is 2.51. The quantitative estimate of drug-likeness (QED) is 0.687. The summed E-state index contributed by atoms with van der Waals surface area (Å²) in [6.45, 7) is 1.97. The molecule has 0 aromatic carbocycles. The van der Waals surface area contributed by atoms with Crippen molar-refractivity contribution in [2.75, 3.05) is 0 Å². The van der Waals surface area contributed by atoms with Crippen LogP contribution in [0, 0.1) is 6.29 Å². The molecule has 0 aliphatic heterocycles. The molecule has 2 nitrogen and oxygen atoms in total. The van der Waals surface area contributed by atoms with E-state index in [1.807, 2.05) is 6.92 Å². The Morgan fingerprint density at radius 2 is 1.14 bits per heavy atom. The van der Waals surface area contributed by atoms with Gasteiger partial charge in [0.2, 0.25) is 6.29 Å². The molecule has 14 heavy (non-hydrogen) atoms. The Morgan fingerprint density at radius 1 is 0.786 bits per heavy atom. The van der Waals surface area contributed by atoms with Crippen LogP contribution in [0.4, 0.5) is 0 Å². The van der Waals surface area contributed by atoms with E-state index in [2.05, 4.69) is 0 Å². The third-order valence-electron chi connectivity index (χ3n) is 3.27. The first-order chi connectivity index (χ1) is 6.84. The van der Waals surface area contributed by atoms with Crippen LogP contribution in [0.2, 0.25) is 0 Å². The van der Waals surface area contributed by atoms with E-state index in [-0.39, 0.29) is 0 Å². The average molecular weight is 197 g/mol. The summed E-state index contributed by atoms with van der Waals surface area (Å²) >= 11 is 0. The minimum Gasteiger partial charge on any atom is -0.342 e. The first-order valence-electron chi connectivity index (χ1n) is 6.01. The van der Waals surface area contributed by atoms with E-state index in [0.29, 0.717) is 12.2 Å². The van der Waals surface area contributed by atoms with Crippen LogP contribution in [0.1, 0.15) is 58.3 Å². The lowest BCUT2D eigenvalue weighted by atomic mass is 10.3. The van der Waals surface area contributed by atoms with Gasteiger partial charge in [-0.3, -0.25) is 0 Å². The van der Waals surface area contributed by atoms with Crippen LogP contribution < -0.4 is 0 Å². The summed E-state index contributed by atoms with van der Waals surface area (Å²) < 4.78 is 11.5. The third-order valence-corrected chi connectivity index (χ3v) is 3.27. The Bertz CT molecular complexity index is 140. The summed E-state index contributed by atoms with van der Waals surface area (Å²) in [5, 5.41) is 0. The Labute approximate surface area is 87.0 Å². The SMILES string of the molecule is C[C](OC1CCCC1)OC1CCCC1. The van der Waals surface area contributed by atoms with E-state index in [4.69, 9.17) is 9.47 Å². The topological polar surface area (TPSA) is 18.5 Å². The van der Waals surface area contributed by atoms with E-state index in [1.54, 1.807) is 0 Å².